The third-order valence-electron chi connectivity index (χ3n) is 3.50. The number of ketones is 1. The van der Waals surface area contributed by atoms with Gasteiger partial charge in [-0.2, -0.15) is 0 Å². The molecule has 3 heteroatoms. The van der Waals surface area contributed by atoms with E-state index in [-0.39, 0.29) is 0 Å². The van der Waals surface area contributed by atoms with Gasteiger partial charge in [-0.1, -0.05) is 12.1 Å². The topological polar surface area (TPSA) is 26.3 Å². The van der Waals surface area contributed by atoms with Crippen LogP contribution in [-0.2, 0) is 0 Å². The molecule has 1 aliphatic carbocycles. The Morgan fingerprint density at radius 3 is 2.72 bits per heavy atom. The zero-order valence-electron chi connectivity index (χ0n) is 10.2. The molecule has 1 atom stereocenters. The highest BCUT2D eigenvalue weighted by molar-refractivity contribution is 7.12. The summed E-state index contributed by atoms with van der Waals surface area (Å²) in [5.74, 6) is 1.52. The summed E-state index contributed by atoms with van der Waals surface area (Å²) in [6, 6.07) is 10.3. The van der Waals surface area contributed by atoms with Crippen molar-refractivity contribution in [2.45, 2.75) is 18.8 Å². The zero-order chi connectivity index (χ0) is 12.5. The molecule has 0 saturated carbocycles. The molecule has 0 aliphatic heterocycles. The van der Waals surface area contributed by atoms with E-state index >= 15 is 0 Å². The number of hydrogen-bond donors (Lipinski definition) is 0. The van der Waals surface area contributed by atoms with Gasteiger partial charge in [0.2, 0.25) is 0 Å². The monoisotopic (exact) mass is 258 g/mol. The molecule has 2 nitrogen and oxygen atoms in total. The van der Waals surface area contributed by atoms with E-state index in [2.05, 4.69) is 18.2 Å². The Hall–Kier alpha value is -1.61. The molecular formula is C15H14O2S. The maximum atomic E-state index is 11.8. The molecule has 1 aromatic carbocycles. The standard InChI is InChI=1S/C15H14O2S/c1-17-11-4-2-10(3-5-11)12-6-7-14(16)15-13(12)8-9-18-15/h2-5,8-9,12H,6-7H2,1H3. The fourth-order valence-corrected chi connectivity index (χ4v) is 3.48. The van der Waals surface area contributed by atoms with E-state index in [9.17, 15) is 4.79 Å². The van der Waals surface area contributed by atoms with Gasteiger partial charge in [-0.05, 0) is 41.1 Å². The molecule has 1 aliphatic rings. The molecule has 1 aromatic heterocycles. The van der Waals surface area contributed by atoms with Crippen LogP contribution in [0.15, 0.2) is 35.7 Å². The number of methoxy groups -OCH3 is 1. The minimum absolute atomic E-state index is 0.296. The van der Waals surface area contributed by atoms with Crippen LogP contribution < -0.4 is 4.74 Å². The second-order valence-electron chi connectivity index (χ2n) is 4.49. The highest BCUT2D eigenvalue weighted by Gasteiger charge is 2.27. The summed E-state index contributed by atoms with van der Waals surface area (Å²) in [5, 5.41) is 2.02. The number of ether oxygens (including phenoxy) is 1. The lowest BCUT2D eigenvalue weighted by Gasteiger charge is -2.22. The minimum Gasteiger partial charge on any atom is -0.497 e. The van der Waals surface area contributed by atoms with E-state index < -0.39 is 0 Å². The molecule has 0 bridgehead atoms. The largest absolute Gasteiger partial charge is 0.497 e. The molecule has 1 heterocycles. The van der Waals surface area contributed by atoms with Crippen LogP contribution in [0.5, 0.6) is 5.75 Å². The maximum absolute atomic E-state index is 11.8. The van der Waals surface area contributed by atoms with Crippen LogP contribution in [0.3, 0.4) is 0 Å². The molecule has 1 unspecified atom stereocenters. The van der Waals surface area contributed by atoms with E-state index in [1.807, 2.05) is 17.5 Å². The Balaban J connectivity index is 1.98. The van der Waals surface area contributed by atoms with Crippen LogP contribution in [0.25, 0.3) is 0 Å². The van der Waals surface area contributed by atoms with Crippen molar-refractivity contribution < 1.29 is 9.53 Å². The summed E-state index contributed by atoms with van der Waals surface area (Å²) in [6.07, 6.45) is 1.57. The number of Topliss-reactive ketones (excluding diaryl/α,β-unsaturated/α-hetero) is 1. The first-order chi connectivity index (χ1) is 8.79. The maximum Gasteiger partial charge on any atom is 0.173 e. The van der Waals surface area contributed by atoms with Gasteiger partial charge in [0.15, 0.2) is 5.78 Å². The predicted octanol–water partition coefficient (Wildman–Crippen LogP) is 3.87. The van der Waals surface area contributed by atoms with Crippen LogP contribution in [0.4, 0.5) is 0 Å². The smallest absolute Gasteiger partial charge is 0.173 e. The van der Waals surface area contributed by atoms with Gasteiger partial charge in [-0.15, -0.1) is 11.3 Å². The molecule has 0 saturated heterocycles. The van der Waals surface area contributed by atoms with E-state index in [1.165, 1.54) is 11.1 Å². The van der Waals surface area contributed by atoms with Crippen LogP contribution in [0.1, 0.15) is 39.6 Å². The average Bonchev–Trinajstić information content (AvgIpc) is 2.90. The third kappa shape index (κ3) is 1.85. The third-order valence-corrected chi connectivity index (χ3v) is 4.47. The molecule has 0 N–H and O–H groups in total. The summed E-state index contributed by atoms with van der Waals surface area (Å²) in [5.41, 5.74) is 2.46. The summed E-state index contributed by atoms with van der Waals surface area (Å²) >= 11 is 1.57. The fourth-order valence-electron chi connectivity index (χ4n) is 2.55. The van der Waals surface area contributed by atoms with Crippen LogP contribution in [0.2, 0.25) is 0 Å². The zero-order valence-corrected chi connectivity index (χ0v) is 11.0. The van der Waals surface area contributed by atoms with Crippen molar-refractivity contribution in [2.75, 3.05) is 7.11 Å². The SMILES string of the molecule is COc1ccc(C2CCC(=O)c3sccc32)cc1. The van der Waals surface area contributed by atoms with Gasteiger partial charge >= 0.3 is 0 Å². The van der Waals surface area contributed by atoms with E-state index in [4.69, 9.17) is 4.74 Å². The van der Waals surface area contributed by atoms with Crippen LogP contribution in [-0.4, -0.2) is 12.9 Å². The predicted molar refractivity (Wildman–Crippen MR) is 72.7 cm³/mol. The fraction of sp³-hybridized carbons (Fsp3) is 0.267. The van der Waals surface area contributed by atoms with Gasteiger partial charge < -0.3 is 4.74 Å². The molecule has 0 spiro atoms. The number of thiophene rings is 1. The molecule has 92 valence electrons. The average molecular weight is 258 g/mol. The molecule has 0 radical (unpaired) electrons. The van der Waals surface area contributed by atoms with Gasteiger partial charge in [-0.3, -0.25) is 4.79 Å². The lowest BCUT2D eigenvalue weighted by atomic mass is 9.82. The number of rotatable bonds is 2. The molecular weight excluding hydrogens is 244 g/mol. The number of carbonyl (C=O) groups excluding carboxylic acids is 1. The van der Waals surface area contributed by atoms with Crippen LogP contribution >= 0.6 is 11.3 Å². The second kappa shape index (κ2) is 4.58. The molecule has 3 rings (SSSR count). The first-order valence-corrected chi connectivity index (χ1v) is 6.92. The normalized spacial score (nSPS) is 18.5. The Kier molecular flexibility index (Phi) is 2.92. The van der Waals surface area contributed by atoms with Crippen molar-refractivity contribution in [3.05, 3.63) is 51.7 Å². The van der Waals surface area contributed by atoms with Gasteiger partial charge in [0.1, 0.15) is 5.75 Å². The lowest BCUT2D eigenvalue weighted by molar-refractivity contribution is 0.0974. The van der Waals surface area contributed by atoms with E-state index in [1.54, 1.807) is 18.4 Å². The number of benzene rings is 1. The van der Waals surface area contributed by atoms with Crippen molar-refractivity contribution in [1.29, 1.82) is 0 Å². The highest BCUT2D eigenvalue weighted by Crippen LogP contribution is 2.39. The first-order valence-electron chi connectivity index (χ1n) is 6.04. The van der Waals surface area contributed by atoms with Crippen LogP contribution in [0, 0.1) is 0 Å². The molecule has 18 heavy (non-hydrogen) atoms. The van der Waals surface area contributed by atoms with Crippen molar-refractivity contribution in [3.63, 3.8) is 0 Å². The molecule has 0 amide bonds. The van der Waals surface area contributed by atoms with Gasteiger partial charge in [0.25, 0.3) is 0 Å². The molecule has 2 aromatic rings. The van der Waals surface area contributed by atoms with Crippen molar-refractivity contribution in [3.8, 4) is 5.75 Å². The van der Waals surface area contributed by atoms with Crippen molar-refractivity contribution in [2.24, 2.45) is 0 Å². The second-order valence-corrected chi connectivity index (χ2v) is 5.41. The Bertz CT molecular complexity index is 568. The highest BCUT2D eigenvalue weighted by atomic mass is 32.1. The van der Waals surface area contributed by atoms with Crippen molar-refractivity contribution in [1.82, 2.24) is 0 Å². The Morgan fingerprint density at radius 2 is 2.00 bits per heavy atom. The van der Waals surface area contributed by atoms with Gasteiger partial charge in [0, 0.05) is 12.3 Å². The first kappa shape index (κ1) is 11.5. The minimum atomic E-state index is 0.296. The summed E-state index contributed by atoms with van der Waals surface area (Å²) in [6.45, 7) is 0. The molecule has 0 fully saturated rings. The quantitative estimate of drug-likeness (QED) is 0.817. The summed E-state index contributed by atoms with van der Waals surface area (Å²) in [4.78, 5) is 12.8. The summed E-state index contributed by atoms with van der Waals surface area (Å²) in [7, 11) is 1.67. The number of fused-ring (bicyclic) bond motifs is 1. The number of carbonyl (C=O) groups is 1. The summed E-state index contributed by atoms with van der Waals surface area (Å²) < 4.78 is 5.18. The van der Waals surface area contributed by atoms with E-state index in [0.29, 0.717) is 18.1 Å². The Labute approximate surface area is 110 Å². The van der Waals surface area contributed by atoms with E-state index in [0.717, 1.165) is 17.0 Å². The van der Waals surface area contributed by atoms with Gasteiger partial charge in [-0.25, -0.2) is 0 Å². The van der Waals surface area contributed by atoms with Crippen molar-refractivity contribution >= 4 is 17.1 Å². The Morgan fingerprint density at radius 1 is 1.22 bits per heavy atom. The number of hydrogen-bond acceptors (Lipinski definition) is 3. The van der Waals surface area contributed by atoms with Gasteiger partial charge in [0.05, 0.1) is 12.0 Å². The lowest BCUT2D eigenvalue weighted by Crippen LogP contribution is -2.13.